The van der Waals surface area contributed by atoms with Gasteiger partial charge in [-0.1, -0.05) is 52.9 Å². The topological polar surface area (TPSA) is 116 Å². The Morgan fingerprint density at radius 2 is 1.89 bits per heavy atom. The molecule has 1 saturated heterocycles. The van der Waals surface area contributed by atoms with E-state index in [4.69, 9.17) is 15.6 Å². The van der Waals surface area contributed by atoms with Crippen molar-refractivity contribution in [1.82, 2.24) is 0 Å². The van der Waals surface area contributed by atoms with Crippen LogP contribution in [0.15, 0.2) is 11.6 Å². The monoisotopic (exact) mass is 509 g/mol. The van der Waals surface area contributed by atoms with E-state index in [1.54, 1.807) is 6.92 Å². The van der Waals surface area contributed by atoms with Crippen molar-refractivity contribution in [3.63, 3.8) is 0 Å². The molecule has 1 saturated carbocycles. The lowest BCUT2D eigenvalue weighted by Gasteiger charge is -2.42. The number of esters is 1. The lowest BCUT2D eigenvalue weighted by atomic mass is 9.52. The van der Waals surface area contributed by atoms with Crippen LogP contribution in [0.4, 0.5) is 0 Å². The summed E-state index contributed by atoms with van der Waals surface area (Å²) in [6, 6.07) is 0.221. The van der Waals surface area contributed by atoms with Gasteiger partial charge >= 0.3 is 5.97 Å². The van der Waals surface area contributed by atoms with Gasteiger partial charge in [0.05, 0.1) is 12.7 Å². The van der Waals surface area contributed by atoms with Crippen LogP contribution in [0.5, 0.6) is 0 Å². The molecular formula is C28H52BNO6. The van der Waals surface area contributed by atoms with Gasteiger partial charge in [0.25, 0.3) is 6.47 Å². The predicted octanol–water partition coefficient (Wildman–Crippen LogP) is 4.76. The molecule has 36 heavy (non-hydrogen) atoms. The van der Waals surface area contributed by atoms with E-state index in [0.29, 0.717) is 31.8 Å². The molecule has 1 aliphatic heterocycles. The first-order valence-corrected chi connectivity index (χ1v) is 13.9. The smallest absolute Gasteiger partial charge is 0.305 e. The van der Waals surface area contributed by atoms with Crippen molar-refractivity contribution in [2.45, 2.75) is 123 Å². The molecule has 0 bridgehead atoms. The average Bonchev–Trinajstić information content (AvgIpc) is 3.19. The molecule has 5 atom stereocenters. The third kappa shape index (κ3) is 10.0. The van der Waals surface area contributed by atoms with Crippen LogP contribution < -0.4 is 5.73 Å². The quantitative estimate of drug-likeness (QED) is 0.289. The van der Waals surface area contributed by atoms with E-state index in [-0.39, 0.29) is 34.6 Å². The van der Waals surface area contributed by atoms with Crippen LogP contribution in [0, 0.1) is 11.3 Å². The molecule has 1 heterocycles. The second-order valence-electron chi connectivity index (χ2n) is 10.3. The number of aliphatic hydroxyl groups is 1. The summed E-state index contributed by atoms with van der Waals surface area (Å²) in [5, 5.41) is 7.08. The van der Waals surface area contributed by atoms with Crippen molar-refractivity contribution in [2.24, 2.45) is 17.1 Å². The predicted molar refractivity (Wildman–Crippen MR) is 147 cm³/mol. The highest BCUT2D eigenvalue weighted by atomic mass is 16.5. The first-order valence-electron chi connectivity index (χ1n) is 13.9. The molecule has 0 aromatic carbocycles. The minimum Gasteiger partial charge on any atom is -0.468 e. The van der Waals surface area contributed by atoms with E-state index in [1.807, 2.05) is 26.8 Å². The van der Waals surface area contributed by atoms with E-state index >= 15 is 0 Å². The van der Waals surface area contributed by atoms with E-state index in [1.165, 1.54) is 5.57 Å². The van der Waals surface area contributed by atoms with Crippen LogP contribution in [-0.2, 0) is 23.9 Å². The van der Waals surface area contributed by atoms with Crippen molar-refractivity contribution < 1.29 is 29.0 Å². The van der Waals surface area contributed by atoms with Gasteiger partial charge in [0.2, 0.25) is 0 Å². The number of nitrogens with two attached hydrogens (primary N) is 1. The fourth-order valence-corrected chi connectivity index (χ4v) is 5.82. The Labute approximate surface area is 220 Å². The molecule has 2 fully saturated rings. The standard InChI is InChI=1S/C22H36BNO3.C3H6O2.C2H6.CH4O/c1-4-20(26)27-19-9-12-23-22(19,3)11-7-16-13-17(24)6-5-15-14-18(25)8-10-21(15,16)2;1-2-5-3-4;2*1-2/h14,16-17,19,23H,4-13,24H2,1-3H3;3H,2H2,1H3;1-2H3;2H,1H3/t16?,17-,19-,21-,22+;;;/m0.../s1. The minimum atomic E-state index is -0.0763. The molecule has 8 heteroatoms. The largest absolute Gasteiger partial charge is 0.468 e. The van der Waals surface area contributed by atoms with E-state index in [9.17, 15) is 14.4 Å². The molecule has 0 aromatic rings. The van der Waals surface area contributed by atoms with Crippen LogP contribution >= 0.6 is 0 Å². The van der Waals surface area contributed by atoms with E-state index < -0.39 is 0 Å². The maximum Gasteiger partial charge on any atom is 0.305 e. The summed E-state index contributed by atoms with van der Waals surface area (Å²) in [5.41, 5.74) is 7.86. The number of aliphatic hydroxyl groups excluding tert-OH is 1. The number of ether oxygens (including phenoxy) is 2. The second kappa shape index (κ2) is 17.7. The first-order chi connectivity index (χ1) is 17.2. The number of carbonyl (C=O) groups is 3. The Morgan fingerprint density at radius 1 is 1.22 bits per heavy atom. The Kier molecular flexibility index (Phi) is 16.9. The Balaban J connectivity index is 0.00000119. The molecule has 2 aliphatic carbocycles. The molecule has 208 valence electrons. The fraction of sp³-hybridized carbons (Fsp3) is 0.821. The fourth-order valence-electron chi connectivity index (χ4n) is 5.82. The van der Waals surface area contributed by atoms with Crippen LogP contribution in [0.3, 0.4) is 0 Å². The van der Waals surface area contributed by atoms with Gasteiger partial charge in [0.1, 0.15) is 7.28 Å². The molecule has 0 spiro atoms. The Bertz CT molecular complexity index is 700. The van der Waals surface area contributed by atoms with Crippen LogP contribution in [-0.4, -0.2) is 56.5 Å². The summed E-state index contributed by atoms with van der Waals surface area (Å²) in [4.78, 5) is 33.0. The zero-order chi connectivity index (χ0) is 27.8. The third-order valence-corrected chi connectivity index (χ3v) is 8.08. The minimum absolute atomic E-state index is 0.0557. The number of hydrogen-bond donors (Lipinski definition) is 2. The van der Waals surface area contributed by atoms with Gasteiger partial charge in [-0.05, 0) is 68.2 Å². The zero-order valence-corrected chi connectivity index (χ0v) is 23.9. The molecule has 3 aliphatic rings. The summed E-state index contributed by atoms with van der Waals surface area (Å²) in [6.45, 7) is 13.2. The van der Waals surface area contributed by atoms with Gasteiger partial charge in [-0.3, -0.25) is 14.4 Å². The molecule has 0 aromatic heterocycles. The van der Waals surface area contributed by atoms with E-state index in [2.05, 4.69) is 18.6 Å². The summed E-state index contributed by atoms with van der Waals surface area (Å²) in [5.74, 6) is 0.716. The van der Waals surface area contributed by atoms with E-state index in [0.717, 1.165) is 65.7 Å². The maximum atomic E-state index is 12.0. The van der Waals surface area contributed by atoms with Gasteiger partial charge < -0.3 is 20.3 Å². The highest BCUT2D eigenvalue weighted by Gasteiger charge is 2.46. The van der Waals surface area contributed by atoms with Crippen molar-refractivity contribution in [3.05, 3.63) is 11.6 Å². The van der Waals surface area contributed by atoms with Crippen LogP contribution in [0.25, 0.3) is 0 Å². The van der Waals surface area contributed by atoms with Crippen LogP contribution in [0.1, 0.15) is 99.3 Å². The number of rotatable bonds is 7. The number of fused-ring (bicyclic) bond motifs is 1. The van der Waals surface area contributed by atoms with Gasteiger partial charge in [-0.15, -0.1) is 0 Å². The van der Waals surface area contributed by atoms with Crippen molar-refractivity contribution >= 4 is 25.5 Å². The SMILES string of the molecule is CC.CCC(=O)O[C@H]1CCB[C@]1(C)CCC1C[C@@H](N)CCC2=CC(=O)CC[C@@]21C.CCOC=O.CO. The summed E-state index contributed by atoms with van der Waals surface area (Å²) in [7, 11) is 2.13. The van der Waals surface area contributed by atoms with Gasteiger partial charge in [0.15, 0.2) is 5.78 Å². The zero-order valence-electron chi connectivity index (χ0n) is 23.9. The molecule has 0 radical (unpaired) electrons. The van der Waals surface area contributed by atoms with Gasteiger partial charge in [0, 0.05) is 26.0 Å². The Morgan fingerprint density at radius 3 is 2.44 bits per heavy atom. The Hall–Kier alpha value is -1.67. The van der Waals surface area contributed by atoms with Gasteiger partial charge in [-0.25, -0.2) is 0 Å². The van der Waals surface area contributed by atoms with Crippen molar-refractivity contribution in [2.75, 3.05) is 13.7 Å². The normalized spacial score (nSPS) is 30.6. The third-order valence-electron chi connectivity index (χ3n) is 8.08. The molecule has 3 N–H and O–H groups in total. The molecule has 0 amide bonds. The molecule has 7 nitrogen and oxygen atoms in total. The summed E-state index contributed by atoms with van der Waals surface area (Å²) < 4.78 is 9.94. The molecular weight excluding hydrogens is 457 g/mol. The lowest BCUT2D eigenvalue weighted by molar-refractivity contribution is -0.150. The highest BCUT2D eigenvalue weighted by Crippen LogP contribution is 2.53. The lowest BCUT2D eigenvalue weighted by Crippen LogP contribution is -2.36. The van der Waals surface area contributed by atoms with Crippen molar-refractivity contribution in [3.8, 4) is 0 Å². The summed E-state index contributed by atoms with van der Waals surface area (Å²) in [6.07, 6.45) is 11.4. The van der Waals surface area contributed by atoms with Gasteiger partial charge in [-0.2, -0.15) is 0 Å². The molecule has 1 unspecified atom stereocenters. The average molecular weight is 510 g/mol. The second-order valence-corrected chi connectivity index (χ2v) is 10.3. The molecule has 3 rings (SSSR count). The highest BCUT2D eigenvalue weighted by molar-refractivity contribution is 6.41. The maximum absolute atomic E-state index is 12.0. The number of ketones is 1. The van der Waals surface area contributed by atoms with Crippen molar-refractivity contribution in [1.29, 1.82) is 0 Å². The van der Waals surface area contributed by atoms with Crippen LogP contribution in [0.2, 0.25) is 11.6 Å². The first kappa shape index (κ1) is 34.3. The number of allylic oxidation sites excluding steroid dienone is 2. The number of carbonyl (C=O) groups excluding carboxylic acids is 3. The summed E-state index contributed by atoms with van der Waals surface area (Å²) >= 11 is 0. The number of hydrogen-bond acceptors (Lipinski definition) is 7.